The van der Waals surface area contributed by atoms with Crippen LogP contribution in [0.1, 0.15) is 40.1 Å². The lowest BCUT2D eigenvalue weighted by molar-refractivity contribution is 0.0948. The predicted molar refractivity (Wildman–Crippen MR) is 92.7 cm³/mol. The molecule has 2 aromatic carbocycles. The number of nitrogens with one attached hydrogen (secondary N) is 2. The minimum absolute atomic E-state index is 0.101. The zero-order valence-corrected chi connectivity index (χ0v) is 13.7. The van der Waals surface area contributed by atoms with E-state index in [-0.39, 0.29) is 11.8 Å². The van der Waals surface area contributed by atoms with Gasteiger partial charge in [0.05, 0.1) is 0 Å². The van der Waals surface area contributed by atoms with Gasteiger partial charge >= 0.3 is 0 Å². The molecular formula is C19H22N2O2. The van der Waals surface area contributed by atoms with Crippen LogP contribution < -0.4 is 10.6 Å². The summed E-state index contributed by atoms with van der Waals surface area (Å²) >= 11 is 0. The highest BCUT2D eigenvalue weighted by Gasteiger charge is 2.10. The topological polar surface area (TPSA) is 58.2 Å². The Morgan fingerprint density at radius 3 is 2.22 bits per heavy atom. The van der Waals surface area contributed by atoms with Gasteiger partial charge in [-0.3, -0.25) is 9.59 Å². The van der Waals surface area contributed by atoms with Crippen LogP contribution in [0.25, 0.3) is 0 Å². The van der Waals surface area contributed by atoms with Gasteiger partial charge in [-0.05, 0) is 48.7 Å². The average molecular weight is 310 g/mol. The molecule has 0 saturated heterocycles. The van der Waals surface area contributed by atoms with E-state index in [4.69, 9.17) is 0 Å². The van der Waals surface area contributed by atoms with E-state index in [0.29, 0.717) is 29.3 Å². The molecule has 0 heterocycles. The summed E-state index contributed by atoms with van der Waals surface area (Å²) in [5, 5.41) is 5.71. The fourth-order valence-electron chi connectivity index (χ4n) is 2.13. The molecule has 0 fully saturated rings. The number of anilines is 1. The van der Waals surface area contributed by atoms with Crippen LogP contribution in [0.3, 0.4) is 0 Å². The van der Waals surface area contributed by atoms with Gasteiger partial charge in [-0.2, -0.15) is 0 Å². The molecule has 0 atom stereocenters. The molecule has 0 bridgehead atoms. The van der Waals surface area contributed by atoms with Crippen LogP contribution in [-0.4, -0.2) is 18.4 Å². The van der Waals surface area contributed by atoms with Crippen molar-refractivity contribution >= 4 is 17.5 Å². The van der Waals surface area contributed by atoms with E-state index in [1.54, 1.807) is 30.3 Å². The largest absolute Gasteiger partial charge is 0.352 e. The minimum atomic E-state index is -0.153. The first-order valence-corrected chi connectivity index (χ1v) is 7.72. The number of carbonyl (C=O) groups excluding carboxylic acids is 2. The highest BCUT2D eigenvalue weighted by Crippen LogP contribution is 2.13. The lowest BCUT2D eigenvalue weighted by atomic mass is 10.1. The van der Waals surface area contributed by atoms with Crippen molar-refractivity contribution in [3.05, 3.63) is 65.2 Å². The number of rotatable bonds is 5. The highest BCUT2D eigenvalue weighted by molar-refractivity contribution is 6.05. The van der Waals surface area contributed by atoms with Crippen molar-refractivity contribution in [2.75, 3.05) is 11.9 Å². The Morgan fingerprint density at radius 2 is 1.61 bits per heavy atom. The summed E-state index contributed by atoms with van der Waals surface area (Å²) in [5.41, 5.74) is 2.82. The van der Waals surface area contributed by atoms with Crippen LogP contribution in [0, 0.1) is 12.8 Å². The van der Waals surface area contributed by atoms with E-state index in [1.807, 2.05) is 39.0 Å². The Balaban J connectivity index is 2.01. The zero-order chi connectivity index (χ0) is 16.8. The van der Waals surface area contributed by atoms with Crippen LogP contribution in [0.5, 0.6) is 0 Å². The third-order valence-corrected chi connectivity index (χ3v) is 3.47. The Hall–Kier alpha value is -2.62. The lowest BCUT2D eigenvalue weighted by Gasteiger charge is -2.10. The van der Waals surface area contributed by atoms with Crippen molar-refractivity contribution in [1.29, 1.82) is 0 Å². The maximum Gasteiger partial charge on any atom is 0.255 e. The minimum Gasteiger partial charge on any atom is -0.352 e. The molecule has 2 rings (SSSR count). The van der Waals surface area contributed by atoms with Gasteiger partial charge in [0.15, 0.2) is 0 Å². The molecule has 0 radical (unpaired) electrons. The standard InChI is InChI=1S/C19H22N2O2/c1-13(2)12-20-18(22)15-8-10-16(11-9-15)21-19(23)17-7-5-4-6-14(17)3/h4-11,13H,12H2,1-3H3,(H,20,22)(H,21,23). The molecule has 2 amide bonds. The Kier molecular flexibility index (Phi) is 5.52. The van der Waals surface area contributed by atoms with Crippen molar-refractivity contribution < 1.29 is 9.59 Å². The predicted octanol–water partition coefficient (Wildman–Crippen LogP) is 3.63. The fourth-order valence-corrected chi connectivity index (χ4v) is 2.13. The van der Waals surface area contributed by atoms with Crippen molar-refractivity contribution in [2.45, 2.75) is 20.8 Å². The monoisotopic (exact) mass is 310 g/mol. The van der Waals surface area contributed by atoms with Crippen molar-refractivity contribution in [3.8, 4) is 0 Å². The van der Waals surface area contributed by atoms with Crippen LogP contribution >= 0.6 is 0 Å². The summed E-state index contributed by atoms with van der Waals surface area (Å²) in [5.74, 6) is 0.155. The van der Waals surface area contributed by atoms with Gasteiger partial charge in [-0.15, -0.1) is 0 Å². The third kappa shape index (κ3) is 4.68. The molecular weight excluding hydrogens is 288 g/mol. The zero-order valence-electron chi connectivity index (χ0n) is 13.7. The summed E-state index contributed by atoms with van der Waals surface area (Å²) in [4.78, 5) is 24.2. The second kappa shape index (κ2) is 7.58. The summed E-state index contributed by atoms with van der Waals surface area (Å²) in [6.45, 7) is 6.64. The van der Waals surface area contributed by atoms with E-state index in [9.17, 15) is 9.59 Å². The molecule has 2 N–H and O–H groups in total. The summed E-state index contributed by atoms with van der Waals surface area (Å²) in [6, 6.07) is 14.3. The molecule has 4 heteroatoms. The number of aryl methyl sites for hydroxylation is 1. The van der Waals surface area contributed by atoms with E-state index in [1.165, 1.54) is 0 Å². The molecule has 0 aliphatic rings. The summed E-state index contributed by atoms with van der Waals surface area (Å²) < 4.78 is 0. The van der Waals surface area contributed by atoms with Gasteiger partial charge in [-0.1, -0.05) is 32.0 Å². The van der Waals surface area contributed by atoms with E-state index < -0.39 is 0 Å². The smallest absolute Gasteiger partial charge is 0.255 e. The van der Waals surface area contributed by atoms with Crippen LogP contribution in [0.2, 0.25) is 0 Å². The fraction of sp³-hybridized carbons (Fsp3) is 0.263. The van der Waals surface area contributed by atoms with E-state index in [0.717, 1.165) is 5.56 Å². The van der Waals surface area contributed by atoms with Crippen LogP contribution in [0.15, 0.2) is 48.5 Å². The molecule has 0 saturated carbocycles. The van der Waals surface area contributed by atoms with Crippen molar-refractivity contribution in [1.82, 2.24) is 5.32 Å². The maximum absolute atomic E-state index is 12.2. The quantitative estimate of drug-likeness (QED) is 0.886. The highest BCUT2D eigenvalue weighted by atomic mass is 16.2. The maximum atomic E-state index is 12.2. The molecule has 4 nitrogen and oxygen atoms in total. The van der Waals surface area contributed by atoms with Crippen molar-refractivity contribution in [2.24, 2.45) is 5.92 Å². The van der Waals surface area contributed by atoms with Crippen LogP contribution in [0.4, 0.5) is 5.69 Å². The first-order chi connectivity index (χ1) is 11.0. The average Bonchev–Trinajstić information content (AvgIpc) is 2.53. The Morgan fingerprint density at radius 1 is 0.957 bits per heavy atom. The van der Waals surface area contributed by atoms with Gasteiger partial charge in [0.25, 0.3) is 11.8 Å². The van der Waals surface area contributed by atoms with Crippen LogP contribution in [-0.2, 0) is 0 Å². The van der Waals surface area contributed by atoms with E-state index >= 15 is 0 Å². The molecule has 0 aliphatic carbocycles. The molecule has 0 spiro atoms. The summed E-state index contributed by atoms with van der Waals surface area (Å²) in [6.07, 6.45) is 0. The first kappa shape index (κ1) is 16.7. The number of amides is 2. The second-order valence-electron chi connectivity index (χ2n) is 5.95. The first-order valence-electron chi connectivity index (χ1n) is 7.72. The number of carbonyl (C=O) groups is 2. The lowest BCUT2D eigenvalue weighted by Crippen LogP contribution is -2.27. The summed E-state index contributed by atoms with van der Waals surface area (Å²) in [7, 11) is 0. The second-order valence-corrected chi connectivity index (χ2v) is 5.95. The van der Waals surface area contributed by atoms with Gasteiger partial charge in [-0.25, -0.2) is 0 Å². The molecule has 2 aromatic rings. The van der Waals surface area contributed by atoms with Gasteiger partial charge in [0, 0.05) is 23.4 Å². The van der Waals surface area contributed by atoms with Gasteiger partial charge in [0.2, 0.25) is 0 Å². The Labute approximate surface area is 136 Å². The molecule has 0 aliphatic heterocycles. The van der Waals surface area contributed by atoms with Gasteiger partial charge < -0.3 is 10.6 Å². The molecule has 23 heavy (non-hydrogen) atoms. The van der Waals surface area contributed by atoms with E-state index in [2.05, 4.69) is 10.6 Å². The van der Waals surface area contributed by atoms with Gasteiger partial charge in [0.1, 0.15) is 0 Å². The number of hydrogen-bond acceptors (Lipinski definition) is 2. The van der Waals surface area contributed by atoms with Crippen molar-refractivity contribution in [3.63, 3.8) is 0 Å². The third-order valence-electron chi connectivity index (χ3n) is 3.47. The SMILES string of the molecule is Cc1ccccc1C(=O)Nc1ccc(C(=O)NCC(C)C)cc1. The molecule has 120 valence electrons. The normalized spacial score (nSPS) is 10.4. The number of hydrogen-bond donors (Lipinski definition) is 2. The number of benzene rings is 2. The molecule has 0 unspecified atom stereocenters. The Bertz CT molecular complexity index is 691. The molecule has 0 aromatic heterocycles.